The van der Waals surface area contributed by atoms with Crippen molar-refractivity contribution in [2.24, 2.45) is 0 Å². The maximum Gasteiger partial charge on any atom is 0.258 e. The summed E-state index contributed by atoms with van der Waals surface area (Å²) in [5.74, 6) is -0.354. The van der Waals surface area contributed by atoms with Gasteiger partial charge >= 0.3 is 0 Å². The van der Waals surface area contributed by atoms with E-state index >= 15 is 0 Å². The quantitative estimate of drug-likeness (QED) is 0.488. The van der Waals surface area contributed by atoms with Crippen molar-refractivity contribution in [3.63, 3.8) is 0 Å². The predicted molar refractivity (Wildman–Crippen MR) is 128 cm³/mol. The van der Waals surface area contributed by atoms with E-state index < -0.39 is 21.7 Å². The van der Waals surface area contributed by atoms with Crippen LogP contribution in [-0.4, -0.2) is 41.9 Å². The summed E-state index contributed by atoms with van der Waals surface area (Å²) in [4.78, 5) is 13.4. The molecule has 0 aliphatic rings. The Hall–Kier alpha value is -3.79. The lowest BCUT2D eigenvalue weighted by Crippen LogP contribution is -2.32. The molecule has 0 aliphatic carbocycles. The molecule has 1 N–H and O–H groups in total. The summed E-state index contributed by atoms with van der Waals surface area (Å²) in [5.41, 5.74) is 0.496. The normalized spacial score (nSPS) is 11.0. The van der Waals surface area contributed by atoms with Crippen molar-refractivity contribution in [2.45, 2.75) is 6.54 Å². The van der Waals surface area contributed by atoms with E-state index in [0.29, 0.717) is 11.4 Å². The summed E-state index contributed by atoms with van der Waals surface area (Å²) in [5, 5.41) is 2.73. The van der Waals surface area contributed by atoms with Crippen molar-refractivity contribution >= 4 is 27.3 Å². The average molecular weight is 489 g/mol. The highest BCUT2D eigenvalue weighted by Gasteiger charge is 2.27. The van der Waals surface area contributed by atoms with Crippen LogP contribution >= 0.6 is 0 Å². The van der Waals surface area contributed by atoms with Crippen LogP contribution in [0.4, 0.5) is 15.8 Å². The number of nitrogens with zero attached hydrogens (tertiary/aromatic N) is 1. The molecule has 0 spiro atoms. The molecule has 0 atom stereocenters. The van der Waals surface area contributed by atoms with Crippen LogP contribution in [0.25, 0.3) is 0 Å². The minimum atomic E-state index is -3.95. The number of sulfonamides is 1. The monoisotopic (exact) mass is 488 g/mol. The van der Waals surface area contributed by atoms with Crippen molar-refractivity contribution in [1.82, 2.24) is 0 Å². The summed E-state index contributed by atoms with van der Waals surface area (Å²) < 4.78 is 56.9. The average Bonchev–Trinajstić information content (AvgIpc) is 2.82. The van der Waals surface area contributed by atoms with Crippen LogP contribution < -0.4 is 23.8 Å². The first-order valence-electron chi connectivity index (χ1n) is 10.1. The maximum atomic E-state index is 14.4. The second-order valence-electron chi connectivity index (χ2n) is 7.24. The molecule has 3 aromatic rings. The summed E-state index contributed by atoms with van der Waals surface area (Å²) in [6.07, 6.45) is 0.979. The number of halogens is 1. The van der Waals surface area contributed by atoms with Crippen LogP contribution in [0.1, 0.15) is 15.9 Å². The minimum absolute atomic E-state index is 0.00389. The molecule has 0 aliphatic heterocycles. The molecule has 0 heterocycles. The molecular formula is C24H25FN2O6S. The fraction of sp³-hybridized carbons (Fsp3) is 0.208. The maximum absolute atomic E-state index is 14.4. The van der Waals surface area contributed by atoms with E-state index in [4.69, 9.17) is 14.2 Å². The fourth-order valence-corrected chi connectivity index (χ4v) is 4.24. The number of para-hydroxylation sites is 2. The van der Waals surface area contributed by atoms with Gasteiger partial charge in [-0.25, -0.2) is 12.8 Å². The van der Waals surface area contributed by atoms with Gasteiger partial charge in [-0.05, 0) is 24.3 Å². The Balaban J connectivity index is 2.17. The van der Waals surface area contributed by atoms with Gasteiger partial charge in [-0.1, -0.05) is 30.3 Å². The van der Waals surface area contributed by atoms with Crippen molar-refractivity contribution in [3.05, 3.63) is 77.6 Å². The lowest BCUT2D eigenvalue weighted by molar-refractivity contribution is 0.102. The van der Waals surface area contributed by atoms with Crippen LogP contribution in [0.15, 0.2) is 60.7 Å². The molecule has 0 saturated carbocycles. The van der Waals surface area contributed by atoms with Gasteiger partial charge in [-0.15, -0.1) is 0 Å². The standard InChI is InChI=1S/C24H25FN2O6S/c1-31-21-12-8-7-11-19(21)26-24(28)17-13-22(32-2)23(33-3)14-20(17)27(34(4,29)30)15-16-9-5-6-10-18(16)25/h5-14H,15H2,1-4H3,(H,26,28). The van der Waals surface area contributed by atoms with E-state index in [1.54, 1.807) is 30.3 Å². The van der Waals surface area contributed by atoms with Gasteiger partial charge in [0.05, 0.1) is 51.1 Å². The number of hydrogen-bond donors (Lipinski definition) is 1. The summed E-state index contributed by atoms with van der Waals surface area (Å²) >= 11 is 0. The Morgan fingerprint density at radius 3 is 2.12 bits per heavy atom. The Bertz CT molecular complexity index is 1300. The first-order chi connectivity index (χ1) is 16.2. The second kappa shape index (κ2) is 10.4. The zero-order valence-corrected chi connectivity index (χ0v) is 20.0. The van der Waals surface area contributed by atoms with E-state index in [9.17, 15) is 17.6 Å². The van der Waals surface area contributed by atoms with Crippen LogP contribution in [0.5, 0.6) is 17.2 Å². The number of amides is 1. The Kier molecular flexibility index (Phi) is 7.62. The third-order valence-corrected chi connectivity index (χ3v) is 6.17. The molecular weight excluding hydrogens is 463 g/mol. The highest BCUT2D eigenvalue weighted by molar-refractivity contribution is 7.92. The number of anilines is 2. The second-order valence-corrected chi connectivity index (χ2v) is 9.15. The van der Waals surface area contributed by atoms with Gasteiger partial charge in [0.25, 0.3) is 5.91 Å². The molecule has 0 saturated heterocycles. The number of benzene rings is 3. The Morgan fingerprint density at radius 1 is 0.912 bits per heavy atom. The zero-order chi connectivity index (χ0) is 24.9. The number of carbonyl (C=O) groups excluding carboxylic acids is 1. The van der Waals surface area contributed by atoms with Gasteiger partial charge in [-0.2, -0.15) is 0 Å². The van der Waals surface area contributed by atoms with Gasteiger partial charge in [0.2, 0.25) is 10.0 Å². The molecule has 1 amide bonds. The fourth-order valence-electron chi connectivity index (χ4n) is 3.36. The molecule has 8 nitrogen and oxygen atoms in total. The summed E-state index contributed by atoms with van der Waals surface area (Å²) in [6.45, 7) is -0.337. The van der Waals surface area contributed by atoms with E-state index in [1.807, 2.05) is 0 Å². The SMILES string of the molecule is COc1ccccc1NC(=O)c1cc(OC)c(OC)cc1N(Cc1ccccc1F)S(C)(=O)=O. The molecule has 3 aromatic carbocycles. The van der Waals surface area contributed by atoms with Crippen molar-refractivity contribution in [3.8, 4) is 17.2 Å². The molecule has 0 bridgehead atoms. The lowest BCUT2D eigenvalue weighted by atomic mass is 10.1. The van der Waals surface area contributed by atoms with Crippen LogP contribution in [0, 0.1) is 5.82 Å². The van der Waals surface area contributed by atoms with E-state index in [-0.39, 0.29) is 34.9 Å². The zero-order valence-electron chi connectivity index (χ0n) is 19.2. The van der Waals surface area contributed by atoms with Crippen molar-refractivity contribution in [1.29, 1.82) is 0 Å². The number of carbonyl (C=O) groups is 1. The topological polar surface area (TPSA) is 94.2 Å². The first-order valence-corrected chi connectivity index (χ1v) is 12.0. The van der Waals surface area contributed by atoms with Gasteiger partial charge in [0.1, 0.15) is 11.6 Å². The molecule has 34 heavy (non-hydrogen) atoms. The number of hydrogen-bond acceptors (Lipinski definition) is 6. The molecule has 180 valence electrons. The number of ether oxygens (including phenoxy) is 3. The molecule has 0 unspecified atom stereocenters. The Morgan fingerprint density at radius 2 is 1.50 bits per heavy atom. The highest BCUT2D eigenvalue weighted by atomic mass is 32.2. The summed E-state index contributed by atoms with van der Waals surface area (Å²) in [6, 6.07) is 15.3. The molecule has 0 aromatic heterocycles. The van der Waals surface area contributed by atoms with Gasteiger partial charge < -0.3 is 19.5 Å². The van der Waals surface area contributed by atoms with Crippen molar-refractivity contribution < 1.29 is 31.8 Å². The van der Waals surface area contributed by atoms with E-state index in [0.717, 1.165) is 10.6 Å². The first kappa shape index (κ1) is 24.8. The third kappa shape index (κ3) is 5.40. The van der Waals surface area contributed by atoms with Gasteiger partial charge in [-0.3, -0.25) is 9.10 Å². The van der Waals surface area contributed by atoms with Crippen LogP contribution in [-0.2, 0) is 16.6 Å². The van der Waals surface area contributed by atoms with E-state index in [1.165, 1.54) is 51.7 Å². The van der Waals surface area contributed by atoms with Gasteiger partial charge in [0, 0.05) is 11.6 Å². The largest absolute Gasteiger partial charge is 0.495 e. The highest BCUT2D eigenvalue weighted by Crippen LogP contribution is 2.38. The molecule has 3 rings (SSSR count). The van der Waals surface area contributed by atoms with Gasteiger partial charge in [0.15, 0.2) is 11.5 Å². The Labute approximate surface area is 197 Å². The van der Waals surface area contributed by atoms with Crippen molar-refractivity contribution in [2.75, 3.05) is 37.2 Å². The number of rotatable bonds is 9. The number of methoxy groups -OCH3 is 3. The van der Waals surface area contributed by atoms with Crippen LogP contribution in [0.2, 0.25) is 0 Å². The third-order valence-electron chi connectivity index (χ3n) is 5.04. The molecule has 10 heteroatoms. The summed E-state index contributed by atoms with van der Waals surface area (Å²) in [7, 11) is 0.294. The minimum Gasteiger partial charge on any atom is -0.495 e. The predicted octanol–water partition coefficient (Wildman–Crippen LogP) is 4.07. The lowest BCUT2D eigenvalue weighted by Gasteiger charge is -2.26. The van der Waals surface area contributed by atoms with E-state index in [2.05, 4.69) is 5.32 Å². The molecule has 0 fully saturated rings. The smallest absolute Gasteiger partial charge is 0.258 e. The molecule has 0 radical (unpaired) electrons. The number of nitrogens with one attached hydrogen (secondary N) is 1. The van der Waals surface area contributed by atoms with Crippen LogP contribution in [0.3, 0.4) is 0 Å².